The van der Waals surface area contributed by atoms with Crippen LogP contribution < -0.4 is 16.0 Å². The van der Waals surface area contributed by atoms with Crippen molar-refractivity contribution in [3.8, 4) is 0 Å². The van der Waals surface area contributed by atoms with Gasteiger partial charge in [0.1, 0.15) is 12.1 Å². The van der Waals surface area contributed by atoms with Gasteiger partial charge in [-0.05, 0) is 49.8 Å². The SMILES string of the molecule is NC(=O)[C@H]1N(CC(=O)NC2CCCCC2)C(=O)C2(CCN(C(=O)[CH]Cc3ccccc3)CC2)N1c1ccccc1. The number of rotatable bonds is 8. The summed E-state index contributed by atoms with van der Waals surface area (Å²) in [7, 11) is 0. The van der Waals surface area contributed by atoms with Crippen molar-refractivity contribution in [1.82, 2.24) is 15.1 Å². The molecule has 0 aromatic heterocycles. The van der Waals surface area contributed by atoms with E-state index in [1.165, 1.54) is 11.3 Å². The van der Waals surface area contributed by atoms with Crippen molar-refractivity contribution in [2.75, 3.05) is 24.5 Å². The fourth-order valence-electron chi connectivity index (χ4n) is 6.45. The molecule has 1 radical (unpaired) electrons. The molecular weight excluding hydrogens is 506 g/mol. The molecule has 3 fully saturated rings. The van der Waals surface area contributed by atoms with Crippen LogP contribution in [0.15, 0.2) is 60.7 Å². The molecule has 5 rings (SSSR count). The lowest BCUT2D eigenvalue weighted by atomic mass is 9.85. The molecule has 0 bridgehead atoms. The minimum atomic E-state index is -1.10. The Labute approximate surface area is 235 Å². The first-order valence-electron chi connectivity index (χ1n) is 14.3. The lowest BCUT2D eigenvalue weighted by Crippen LogP contribution is -2.59. The third-order valence-electron chi connectivity index (χ3n) is 8.49. The summed E-state index contributed by atoms with van der Waals surface area (Å²) in [5.41, 5.74) is 6.58. The molecule has 2 aromatic rings. The normalized spacial score (nSPS) is 21.1. The molecule has 40 heavy (non-hydrogen) atoms. The van der Waals surface area contributed by atoms with Crippen molar-refractivity contribution in [2.24, 2.45) is 5.73 Å². The van der Waals surface area contributed by atoms with Crippen molar-refractivity contribution >= 4 is 29.3 Å². The van der Waals surface area contributed by atoms with E-state index in [4.69, 9.17) is 5.73 Å². The summed E-state index contributed by atoms with van der Waals surface area (Å²) in [4.78, 5) is 58.1. The average molecular weight is 545 g/mol. The van der Waals surface area contributed by atoms with Gasteiger partial charge in [0.15, 0.2) is 6.17 Å². The number of anilines is 1. The summed E-state index contributed by atoms with van der Waals surface area (Å²) in [5.74, 6) is -1.33. The topological polar surface area (TPSA) is 116 Å². The molecule has 1 atom stereocenters. The minimum Gasteiger partial charge on any atom is -0.366 e. The van der Waals surface area contributed by atoms with Crippen molar-refractivity contribution in [1.29, 1.82) is 0 Å². The van der Waals surface area contributed by atoms with E-state index in [1.807, 2.05) is 60.7 Å². The zero-order valence-corrected chi connectivity index (χ0v) is 22.8. The Kier molecular flexibility index (Phi) is 8.38. The molecule has 3 N–H and O–H groups in total. The highest BCUT2D eigenvalue weighted by atomic mass is 16.2. The molecule has 1 spiro atoms. The van der Waals surface area contributed by atoms with Crippen LogP contribution in [-0.2, 0) is 25.6 Å². The second-order valence-electron chi connectivity index (χ2n) is 11.1. The highest BCUT2D eigenvalue weighted by molar-refractivity contribution is 6.03. The van der Waals surface area contributed by atoms with Crippen LogP contribution in [0.25, 0.3) is 0 Å². The van der Waals surface area contributed by atoms with Gasteiger partial charge < -0.3 is 25.8 Å². The van der Waals surface area contributed by atoms with Gasteiger partial charge in [-0.3, -0.25) is 19.2 Å². The predicted octanol–water partition coefficient (Wildman–Crippen LogP) is 2.40. The van der Waals surface area contributed by atoms with Gasteiger partial charge >= 0.3 is 0 Å². The van der Waals surface area contributed by atoms with Gasteiger partial charge in [0, 0.05) is 24.8 Å². The Bertz CT molecular complexity index is 1210. The molecule has 2 heterocycles. The summed E-state index contributed by atoms with van der Waals surface area (Å²) < 4.78 is 0. The van der Waals surface area contributed by atoms with Crippen molar-refractivity contribution in [2.45, 2.75) is 69.1 Å². The highest BCUT2D eigenvalue weighted by Crippen LogP contribution is 2.42. The lowest BCUT2D eigenvalue weighted by molar-refractivity contribution is -0.141. The van der Waals surface area contributed by atoms with Crippen LogP contribution in [-0.4, -0.2) is 70.8 Å². The number of nitrogens with zero attached hydrogens (tertiary/aromatic N) is 3. The smallest absolute Gasteiger partial charge is 0.261 e. The van der Waals surface area contributed by atoms with Gasteiger partial charge in [-0.2, -0.15) is 0 Å². The third kappa shape index (κ3) is 5.69. The van der Waals surface area contributed by atoms with Crippen LogP contribution in [0, 0.1) is 6.42 Å². The van der Waals surface area contributed by atoms with Crippen LogP contribution in [0.5, 0.6) is 0 Å². The molecule has 211 valence electrons. The standard InChI is InChI=1S/C31H38N5O4/c32-28(39)29-35(22-26(37)33-24-12-6-2-7-13-24)30(40)31(36(29)25-14-8-3-9-15-25)18-20-34(21-19-31)27(38)17-16-23-10-4-1-5-11-23/h1,3-5,8-11,14-15,17,24,29H,2,6-7,12-13,16,18-22H2,(H2,32,39)(H,33,37)/t29-/m0/s1. The van der Waals surface area contributed by atoms with Crippen LogP contribution in [0.4, 0.5) is 5.69 Å². The Morgan fingerprint density at radius 2 is 1.55 bits per heavy atom. The van der Waals surface area contributed by atoms with Gasteiger partial charge in [0.05, 0.1) is 6.42 Å². The number of nitrogens with one attached hydrogen (secondary N) is 1. The van der Waals surface area contributed by atoms with Gasteiger partial charge in [-0.1, -0.05) is 67.8 Å². The van der Waals surface area contributed by atoms with E-state index in [1.54, 1.807) is 16.2 Å². The monoisotopic (exact) mass is 544 g/mol. The number of carbonyl (C=O) groups excluding carboxylic acids is 4. The first kappa shape index (κ1) is 27.7. The van der Waals surface area contributed by atoms with Crippen LogP contribution in [0.3, 0.4) is 0 Å². The Morgan fingerprint density at radius 3 is 2.17 bits per heavy atom. The van der Waals surface area contributed by atoms with Crippen molar-refractivity contribution in [3.63, 3.8) is 0 Å². The number of hydrogen-bond donors (Lipinski definition) is 2. The maximum Gasteiger partial charge on any atom is 0.261 e. The summed E-state index contributed by atoms with van der Waals surface area (Å²) >= 11 is 0. The lowest BCUT2D eigenvalue weighted by Gasteiger charge is -2.44. The van der Waals surface area contributed by atoms with Crippen LogP contribution >= 0.6 is 0 Å². The second-order valence-corrected chi connectivity index (χ2v) is 11.1. The highest BCUT2D eigenvalue weighted by Gasteiger charge is 2.60. The summed E-state index contributed by atoms with van der Waals surface area (Å²) in [6.45, 7) is 0.473. The number of amides is 4. The van der Waals surface area contributed by atoms with E-state index in [0.717, 1.165) is 31.2 Å². The zero-order valence-electron chi connectivity index (χ0n) is 22.8. The van der Waals surface area contributed by atoms with Crippen LogP contribution in [0.1, 0.15) is 50.5 Å². The number of nitrogens with two attached hydrogens (primary N) is 1. The van der Waals surface area contributed by atoms with Gasteiger partial charge in [0.25, 0.3) is 11.8 Å². The van der Waals surface area contributed by atoms with E-state index < -0.39 is 17.6 Å². The number of primary amides is 1. The number of para-hydroxylation sites is 1. The molecule has 2 saturated heterocycles. The number of hydrogen-bond acceptors (Lipinski definition) is 5. The van der Waals surface area contributed by atoms with Crippen molar-refractivity contribution in [3.05, 3.63) is 72.6 Å². The van der Waals surface area contributed by atoms with E-state index in [-0.39, 0.29) is 30.3 Å². The predicted molar refractivity (Wildman–Crippen MR) is 152 cm³/mol. The Hall–Kier alpha value is -3.88. The number of piperidine rings is 1. The summed E-state index contributed by atoms with van der Waals surface area (Å²) in [6, 6.07) is 19.1. The maximum atomic E-state index is 14.2. The van der Waals surface area contributed by atoms with Crippen molar-refractivity contribution < 1.29 is 19.2 Å². The summed E-state index contributed by atoms with van der Waals surface area (Å²) in [5, 5.41) is 3.06. The molecule has 2 aromatic carbocycles. The molecule has 0 unspecified atom stereocenters. The first-order chi connectivity index (χ1) is 19.4. The molecule has 3 aliphatic rings. The molecule has 9 heteroatoms. The minimum absolute atomic E-state index is 0.0782. The third-order valence-corrected chi connectivity index (χ3v) is 8.49. The number of likely N-dealkylation sites (tertiary alicyclic amines) is 1. The molecule has 1 aliphatic carbocycles. The Balaban J connectivity index is 1.35. The second kappa shape index (κ2) is 12.1. The molecule has 9 nitrogen and oxygen atoms in total. The average Bonchev–Trinajstić information content (AvgIpc) is 3.20. The fourth-order valence-corrected chi connectivity index (χ4v) is 6.45. The van der Waals surface area contributed by atoms with Gasteiger partial charge in [0.2, 0.25) is 11.8 Å². The molecule has 1 saturated carbocycles. The van der Waals surface area contributed by atoms with Gasteiger partial charge in [-0.25, -0.2) is 0 Å². The van der Waals surface area contributed by atoms with Gasteiger partial charge in [-0.15, -0.1) is 0 Å². The quantitative estimate of drug-likeness (QED) is 0.530. The maximum absolute atomic E-state index is 14.2. The van der Waals surface area contributed by atoms with E-state index >= 15 is 0 Å². The van der Waals surface area contributed by atoms with E-state index in [9.17, 15) is 19.2 Å². The van der Waals surface area contributed by atoms with Crippen LogP contribution in [0.2, 0.25) is 0 Å². The number of benzene rings is 2. The zero-order chi connectivity index (χ0) is 28.1. The fraction of sp³-hybridized carbons (Fsp3) is 0.452. The molecular formula is C31H38N5O4. The summed E-state index contributed by atoms with van der Waals surface area (Å²) in [6.07, 6.45) is 6.91. The van der Waals surface area contributed by atoms with E-state index in [2.05, 4.69) is 5.32 Å². The number of carbonyl (C=O) groups is 4. The Morgan fingerprint density at radius 1 is 0.925 bits per heavy atom. The van der Waals surface area contributed by atoms with E-state index in [0.29, 0.717) is 38.0 Å². The molecule has 2 aliphatic heterocycles. The molecule has 4 amide bonds. The largest absolute Gasteiger partial charge is 0.366 e. The first-order valence-corrected chi connectivity index (χ1v) is 14.3.